The molecule has 5 heteroatoms. The highest BCUT2D eigenvalue weighted by Crippen LogP contribution is 2.03. The van der Waals surface area contributed by atoms with Gasteiger partial charge in [-0.15, -0.1) is 0 Å². The second-order valence-electron chi connectivity index (χ2n) is 2.38. The van der Waals surface area contributed by atoms with Crippen LogP contribution >= 0.6 is 0 Å². The fourth-order valence-corrected chi connectivity index (χ4v) is 1.02. The number of Topliss-reactive ketones (excluding diaryl/α,β-unsaturated/α-hetero) is 1. The number of hydrogen-bond donors (Lipinski definition) is 1. The predicted molar refractivity (Wildman–Crippen MR) is 40.9 cm³/mol. The average molecular weight is 172 g/mol. The van der Waals surface area contributed by atoms with Gasteiger partial charge in [0.1, 0.15) is 0 Å². The van der Waals surface area contributed by atoms with E-state index >= 15 is 0 Å². The SMILES string of the molecule is CCOC1NN(CC)C(=O)C1=O. The van der Waals surface area contributed by atoms with Crippen LogP contribution in [0.2, 0.25) is 0 Å². The van der Waals surface area contributed by atoms with Crippen LogP contribution in [0.5, 0.6) is 0 Å². The lowest BCUT2D eigenvalue weighted by atomic mass is 10.3. The second kappa shape index (κ2) is 3.64. The molecule has 0 aromatic rings. The topological polar surface area (TPSA) is 58.6 Å². The first kappa shape index (κ1) is 9.15. The average Bonchev–Trinajstić information content (AvgIpc) is 2.33. The number of ketones is 1. The smallest absolute Gasteiger partial charge is 0.308 e. The summed E-state index contributed by atoms with van der Waals surface area (Å²) >= 11 is 0. The molecule has 68 valence electrons. The lowest BCUT2D eigenvalue weighted by Gasteiger charge is -2.13. The van der Waals surface area contributed by atoms with E-state index in [2.05, 4.69) is 5.43 Å². The van der Waals surface area contributed by atoms with Crippen LogP contribution in [-0.2, 0) is 14.3 Å². The summed E-state index contributed by atoms with van der Waals surface area (Å²) < 4.78 is 4.99. The third kappa shape index (κ3) is 1.46. The quantitative estimate of drug-likeness (QED) is 0.571. The first-order valence-corrected chi connectivity index (χ1v) is 3.94. The number of rotatable bonds is 3. The normalized spacial score (nSPS) is 23.8. The Morgan fingerprint density at radius 3 is 2.58 bits per heavy atom. The third-order valence-corrected chi connectivity index (χ3v) is 1.62. The number of ether oxygens (including phenoxy) is 1. The number of hydrazine groups is 1. The van der Waals surface area contributed by atoms with Crippen LogP contribution in [0, 0.1) is 0 Å². The number of amides is 1. The lowest BCUT2D eigenvalue weighted by molar-refractivity contribution is -0.142. The van der Waals surface area contributed by atoms with Crippen molar-refractivity contribution < 1.29 is 14.3 Å². The van der Waals surface area contributed by atoms with Gasteiger partial charge in [-0.05, 0) is 13.8 Å². The van der Waals surface area contributed by atoms with Crippen LogP contribution in [0.15, 0.2) is 0 Å². The first-order valence-electron chi connectivity index (χ1n) is 3.94. The highest BCUT2D eigenvalue weighted by Gasteiger charge is 2.38. The number of likely N-dealkylation sites (N-methyl/N-ethyl adjacent to an activating group) is 1. The lowest BCUT2D eigenvalue weighted by Crippen LogP contribution is -2.38. The van der Waals surface area contributed by atoms with E-state index in [0.29, 0.717) is 13.2 Å². The van der Waals surface area contributed by atoms with E-state index in [1.807, 2.05) is 0 Å². The minimum Gasteiger partial charge on any atom is -0.354 e. The van der Waals surface area contributed by atoms with E-state index < -0.39 is 17.9 Å². The monoisotopic (exact) mass is 172 g/mol. The predicted octanol–water partition coefficient (Wildman–Crippen LogP) is -0.715. The fraction of sp³-hybridized carbons (Fsp3) is 0.714. The molecule has 1 aliphatic rings. The van der Waals surface area contributed by atoms with Gasteiger partial charge in [-0.2, -0.15) is 5.43 Å². The van der Waals surface area contributed by atoms with E-state index in [1.165, 1.54) is 5.01 Å². The van der Waals surface area contributed by atoms with Crippen molar-refractivity contribution in [3.8, 4) is 0 Å². The Morgan fingerprint density at radius 2 is 2.17 bits per heavy atom. The van der Waals surface area contributed by atoms with Gasteiger partial charge in [0.05, 0.1) is 0 Å². The molecule has 1 aliphatic heterocycles. The third-order valence-electron chi connectivity index (χ3n) is 1.62. The molecule has 1 unspecified atom stereocenters. The molecular formula is C7H12N2O3. The van der Waals surface area contributed by atoms with Crippen LogP contribution < -0.4 is 5.43 Å². The molecule has 5 nitrogen and oxygen atoms in total. The molecule has 0 spiro atoms. The number of nitrogens with zero attached hydrogens (tertiary/aromatic N) is 1. The summed E-state index contributed by atoms with van der Waals surface area (Å²) in [6, 6.07) is 0. The Morgan fingerprint density at radius 1 is 1.50 bits per heavy atom. The summed E-state index contributed by atoms with van der Waals surface area (Å²) in [6.45, 7) is 4.43. The van der Waals surface area contributed by atoms with Crippen LogP contribution in [-0.4, -0.2) is 36.1 Å². The Balaban J connectivity index is 2.60. The zero-order valence-electron chi connectivity index (χ0n) is 7.16. The van der Waals surface area contributed by atoms with Gasteiger partial charge in [0.15, 0.2) is 6.23 Å². The second-order valence-corrected chi connectivity index (χ2v) is 2.38. The van der Waals surface area contributed by atoms with Crippen molar-refractivity contribution >= 4 is 11.7 Å². The highest BCUT2D eigenvalue weighted by molar-refractivity contribution is 6.39. The maximum absolute atomic E-state index is 11.1. The zero-order valence-corrected chi connectivity index (χ0v) is 7.16. The van der Waals surface area contributed by atoms with E-state index in [9.17, 15) is 9.59 Å². The standard InChI is InChI=1S/C7H12N2O3/c1-3-9-7(11)5(10)6(8-9)12-4-2/h6,8H,3-4H2,1-2H3. The molecule has 0 aromatic carbocycles. The molecule has 1 rings (SSSR count). The molecule has 1 heterocycles. The Hall–Kier alpha value is -0.940. The molecule has 0 saturated carbocycles. The van der Waals surface area contributed by atoms with Gasteiger partial charge in [0.2, 0.25) is 0 Å². The summed E-state index contributed by atoms with van der Waals surface area (Å²) in [4.78, 5) is 22.1. The van der Waals surface area contributed by atoms with Gasteiger partial charge >= 0.3 is 5.91 Å². The van der Waals surface area contributed by atoms with Crippen LogP contribution in [0.4, 0.5) is 0 Å². The molecule has 0 radical (unpaired) electrons. The van der Waals surface area contributed by atoms with Crippen molar-refractivity contribution in [2.24, 2.45) is 0 Å². The minimum atomic E-state index is -0.776. The van der Waals surface area contributed by atoms with Gasteiger partial charge in [-0.1, -0.05) is 0 Å². The van der Waals surface area contributed by atoms with Crippen molar-refractivity contribution in [1.82, 2.24) is 10.4 Å². The molecule has 0 bridgehead atoms. The van der Waals surface area contributed by atoms with E-state index in [0.717, 1.165) is 0 Å². The zero-order chi connectivity index (χ0) is 9.14. The molecular weight excluding hydrogens is 160 g/mol. The maximum atomic E-state index is 11.1. The van der Waals surface area contributed by atoms with E-state index in [-0.39, 0.29) is 0 Å². The van der Waals surface area contributed by atoms with Gasteiger partial charge in [-0.25, -0.2) is 0 Å². The van der Waals surface area contributed by atoms with Crippen LogP contribution in [0.1, 0.15) is 13.8 Å². The largest absolute Gasteiger partial charge is 0.354 e. The van der Waals surface area contributed by atoms with Gasteiger partial charge < -0.3 is 4.74 Å². The molecule has 1 N–H and O–H groups in total. The molecule has 1 fully saturated rings. The van der Waals surface area contributed by atoms with Gasteiger partial charge in [0.25, 0.3) is 5.78 Å². The summed E-state index contributed by atoms with van der Waals surface area (Å²) in [6.07, 6.45) is -0.776. The highest BCUT2D eigenvalue weighted by atomic mass is 16.5. The van der Waals surface area contributed by atoms with Crippen LogP contribution in [0.25, 0.3) is 0 Å². The number of carbonyl (C=O) groups excluding carboxylic acids is 2. The molecule has 1 atom stereocenters. The van der Waals surface area contributed by atoms with Crippen molar-refractivity contribution in [1.29, 1.82) is 0 Å². The molecule has 0 aliphatic carbocycles. The summed E-state index contributed by atoms with van der Waals surface area (Å²) in [5.41, 5.74) is 2.65. The Labute approximate surface area is 70.6 Å². The van der Waals surface area contributed by atoms with E-state index in [1.54, 1.807) is 13.8 Å². The van der Waals surface area contributed by atoms with Crippen molar-refractivity contribution in [2.45, 2.75) is 20.1 Å². The van der Waals surface area contributed by atoms with Crippen molar-refractivity contribution in [2.75, 3.05) is 13.2 Å². The van der Waals surface area contributed by atoms with Crippen LogP contribution in [0.3, 0.4) is 0 Å². The summed E-state index contributed by atoms with van der Waals surface area (Å²) in [7, 11) is 0. The number of nitrogens with one attached hydrogen (secondary N) is 1. The number of carbonyl (C=O) groups is 2. The summed E-state index contributed by atoms with van der Waals surface area (Å²) in [5.74, 6) is -1.03. The summed E-state index contributed by atoms with van der Waals surface area (Å²) in [5, 5.41) is 1.25. The molecule has 1 saturated heterocycles. The van der Waals surface area contributed by atoms with Crippen molar-refractivity contribution in [3.05, 3.63) is 0 Å². The van der Waals surface area contributed by atoms with E-state index in [4.69, 9.17) is 4.74 Å². The number of hydrogen-bond acceptors (Lipinski definition) is 4. The maximum Gasteiger partial charge on any atom is 0.308 e. The minimum absolute atomic E-state index is 0.411. The van der Waals surface area contributed by atoms with Gasteiger partial charge in [-0.3, -0.25) is 14.6 Å². The first-order chi connectivity index (χ1) is 5.70. The van der Waals surface area contributed by atoms with Crippen molar-refractivity contribution in [3.63, 3.8) is 0 Å². The Bertz CT molecular complexity index is 205. The molecule has 1 amide bonds. The fourth-order valence-electron chi connectivity index (χ4n) is 1.02. The van der Waals surface area contributed by atoms with Gasteiger partial charge in [0, 0.05) is 13.2 Å². The molecule has 0 aromatic heterocycles. The molecule has 12 heavy (non-hydrogen) atoms. The Kier molecular flexibility index (Phi) is 2.78.